The lowest BCUT2D eigenvalue weighted by atomic mass is 10.1. The number of aryl methyl sites for hydroxylation is 1. The Morgan fingerprint density at radius 3 is 2.75 bits per heavy atom. The molecule has 4 heteroatoms. The molecular formula is C12H24N4. The van der Waals surface area contributed by atoms with E-state index in [0.29, 0.717) is 0 Å². The molecule has 0 unspecified atom stereocenters. The maximum Gasteiger partial charge on any atom is 0.140 e. The van der Waals surface area contributed by atoms with Gasteiger partial charge in [-0.1, -0.05) is 39.5 Å². The van der Waals surface area contributed by atoms with Crippen molar-refractivity contribution in [3.05, 3.63) is 12.2 Å². The molecule has 0 aliphatic heterocycles. The van der Waals surface area contributed by atoms with Gasteiger partial charge in [-0.3, -0.25) is 0 Å². The first-order valence-corrected chi connectivity index (χ1v) is 6.45. The van der Waals surface area contributed by atoms with Gasteiger partial charge in [0, 0.05) is 6.54 Å². The Morgan fingerprint density at radius 2 is 2.00 bits per heavy atom. The van der Waals surface area contributed by atoms with Gasteiger partial charge in [0.15, 0.2) is 0 Å². The highest BCUT2D eigenvalue weighted by atomic mass is 15.3. The van der Waals surface area contributed by atoms with Gasteiger partial charge >= 0.3 is 0 Å². The maximum absolute atomic E-state index is 4.26. The second kappa shape index (κ2) is 8.28. The Bertz CT molecular complexity index is 270. The molecule has 16 heavy (non-hydrogen) atoms. The van der Waals surface area contributed by atoms with Crippen LogP contribution in [0.3, 0.4) is 0 Å². The summed E-state index contributed by atoms with van der Waals surface area (Å²) in [5.41, 5.74) is 0. The third-order valence-corrected chi connectivity index (χ3v) is 2.70. The number of unbranched alkanes of at least 4 members (excludes halogenated alkanes) is 4. The molecule has 0 aromatic carbocycles. The van der Waals surface area contributed by atoms with Crippen LogP contribution in [0.15, 0.2) is 6.33 Å². The first-order valence-electron chi connectivity index (χ1n) is 6.45. The minimum atomic E-state index is 0.825. The Morgan fingerprint density at radius 1 is 1.19 bits per heavy atom. The molecule has 1 heterocycles. The number of nitrogens with one attached hydrogen (secondary N) is 1. The summed E-state index contributed by atoms with van der Waals surface area (Å²) in [6.45, 7) is 7.15. The zero-order chi connectivity index (χ0) is 11.6. The van der Waals surface area contributed by atoms with Crippen LogP contribution in [0.25, 0.3) is 0 Å². The monoisotopic (exact) mass is 224 g/mol. The van der Waals surface area contributed by atoms with E-state index < -0.39 is 0 Å². The Labute approximate surface area is 98.5 Å². The molecule has 92 valence electrons. The summed E-state index contributed by atoms with van der Waals surface area (Å²) in [4.78, 5) is 4.26. The van der Waals surface area contributed by atoms with Crippen LogP contribution >= 0.6 is 0 Å². The van der Waals surface area contributed by atoms with E-state index in [-0.39, 0.29) is 0 Å². The molecule has 0 saturated heterocycles. The molecule has 0 radical (unpaired) electrons. The normalized spacial score (nSPS) is 10.9. The summed E-state index contributed by atoms with van der Waals surface area (Å²) in [5.74, 6) is 1.05. The van der Waals surface area contributed by atoms with E-state index in [1.165, 1.54) is 32.1 Å². The van der Waals surface area contributed by atoms with E-state index in [9.17, 15) is 0 Å². The SMILES string of the molecule is CCCCCCCn1ncnc1CNCC. The maximum atomic E-state index is 4.26. The lowest BCUT2D eigenvalue weighted by molar-refractivity contribution is 0.505. The summed E-state index contributed by atoms with van der Waals surface area (Å²) in [6.07, 6.45) is 8.15. The molecule has 0 amide bonds. The third kappa shape index (κ3) is 4.75. The van der Waals surface area contributed by atoms with E-state index in [1.807, 2.05) is 4.68 Å². The molecule has 0 saturated carbocycles. The summed E-state index contributed by atoms with van der Waals surface area (Å²) in [7, 11) is 0. The number of rotatable bonds is 9. The van der Waals surface area contributed by atoms with Crippen LogP contribution in [0.5, 0.6) is 0 Å². The molecule has 1 aromatic heterocycles. The van der Waals surface area contributed by atoms with Crippen molar-refractivity contribution in [2.75, 3.05) is 6.54 Å². The fourth-order valence-corrected chi connectivity index (χ4v) is 1.71. The predicted molar refractivity (Wildman–Crippen MR) is 66.2 cm³/mol. The van der Waals surface area contributed by atoms with E-state index in [2.05, 4.69) is 29.2 Å². The zero-order valence-electron chi connectivity index (χ0n) is 10.6. The Balaban J connectivity index is 2.22. The van der Waals surface area contributed by atoms with Gasteiger partial charge < -0.3 is 5.32 Å². The van der Waals surface area contributed by atoms with Crippen molar-refractivity contribution in [3.8, 4) is 0 Å². The summed E-state index contributed by atoms with van der Waals surface area (Å²) < 4.78 is 2.02. The van der Waals surface area contributed by atoms with Gasteiger partial charge in [-0.2, -0.15) is 5.10 Å². The molecule has 0 fully saturated rings. The summed E-state index contributed by atoms with van der Waals surface area (Å²) >= 11 is 0. The second-order valence-electron chi connectivity index (χ2n) is 4.09. The van der Waals surface area contributed by atoms with E-state index in [0.717, 1.165) is 25.5 Å². The Hall–Kier alpha value is -0.900. The van der Waals surface area contributed by atoms with Crippen molar-refractivity contribution in [1.29, 1.82) is 0 Å². The van der Waals surface area contributed by atoms with Crippen LogP contribution in [0, 0.1) is 0 Å². The van der Waals surface area contributed by atoms with E-state index in [4.69, 9.17) is 0 Å². The quantitative estimate of drug-likeness (QED) is 0.655. The highest BCUT2D eigenvalue weighted by Crippen LogP contribution is 2.04. The molecule has 1 N–H and O–H groups in total. The molecule has 0 spiro atoms. The first kappa shape index (κ1) is 13.2. The molecule has 4 nitrogen and oxygen atoms in total. The van der Waals surface area contributed by atoms with Crippen molar-refractivity contribution in [3.63, 3.8) is 0 Å². The molecule has 0 aliphatic carbocycles. The van der Waals surface area contributed by atoms with Gasteiger partial charge in [0.05, 0.1) is 6.54 Å². The largest absolute Gasteiger partial charge is 0.310 e. The van der Waals surface area contributed by atoms with Crippen LogP contribution in [0.2, 0.25) is 0 Å². The fraction of sp³-hybridized carbons (Fsp3) is 0.833. The molecule has 0 atom stereocenters. The highest BCUT2D eigenvalue weighted by Gasteiger charge is 2.02. The van der Waals surface area contributed by atoms with Gasteiger partial charge in [0.1, 0.15) is 12.2 Å². The van der Waals surface area contributed by atoms with Crippen LogP contribution in [-0.2, 0) is 13.1 Å². The second-order valence-corrected chi connectivity index (χ2v) is 4.09. The van der Waals surface area contributed by atoms with Gasteiger partial charge in [-0.15, -0.1) is 0 Å². The van der Waals surface area contributed by atoms with Crippen LogP contribution in [0.4, 0.5) is 0 Å². The van der Waals surface area contributed by atoms with Crippen LogP contribution < -0.4 is 5.32 Å². The summed E-state index contributed by atoms with van der Waals surface area (Å²) in [5, 5.41) is 7.53. The average molecular weight is 224 g/mol. The van der Waals surface area contributed by atoms with Crippen LogP contribution in [0.1, 0.15) is 51.8 Å². The zero-order valence-corrected chi connectivity index (χ0v) is 10.6. The number of hydrogen-bond donors (Lipinski definition) is 1. The standard InChI is InChI=1S/C12H24N4/c1-3-5-6-7-8-9-16-12(10-13-4-2)14-11-15-16/h11,13H,3-10H2,1-2H3. The molecule has 0 bridgehead atoms. The minimum absolute atomic E-state index is 0.825. The van der Waals surface area contributed by atoms with Crippen molar-refractivity contribution < 1.29 is 0 Å². The first-order chi connectivity index (χ1) is 7.88. The molecular weight excluding hydrogens is 200 g/mol. The lowest BCUT2D eigenvalue weighted by Gasteiger charge is -2.06. The van der Waals surface area contributed by atoms with Crippen molar-refractivity contribution in [2.24, 2.45) is 0 Å². The van der Waals surface area contributed by atoms with Crippen LogP contribution in [-0.4, -0.2) is 21.3 Å². The molecule has 1 aromatic rings. The number of hydrogen-bond acceptors (Lipinski definition) is 3. The minimum Gasteiger partial charge on any atom is -0.310 e. The van der Waals surface area contributed by atoms with E-state index in [1.54, 1.807) is 6.33 Å². The third-order valence-electron chi connectivity index (χ3n) is 2.70. The molecule has 1 rings (SSSR count). The van der Waals surface area contributed by atoms with Gasteiger partial charge in [-0.05, 0) is 13.0 Å². The molecule has 0 aliphatic rings. The van der Waals surface area contributed by atoms with E-state index >= 15 is 0 Å². The number of aromatic nitrogens is 3. The van der Waals surface area contributed by atoms with Gasteiger partial charge in [0.25, 0.3) is 0 Å². The average Bonchev–Trinajstić information content (AvgIpc) is 2.74. The van der Waals surface area contributed by atoms with Gasteiger partial charge in [0.2, 0.25) is 0 Å². The van der Waals surface area contributed by atoms with Crippen molar-refractivity contribution >= 4 is 0 Å². The topological polar surface area (TPSA) is 42.7 Å². The van der Waals surface area contributed by atoms with Crippen molar-refractivity contribution in [2.45, 2.75) is 59.0 Å². The number of nitrogens with zero attached hydrogens (tertiary/aromatic N) is 3. The van der Waals surface area contributed by atoms with Crippen molar-refractivity contribution in [1.82, 2.24) is 20.1 Å². The predicted octanol–water partition coefficient (Wildman–Crippen LogP) is 2.36. The Kier molecular flexibility index (Phi) is 6.81. The fourth-order valence-electron chi connectivity index (χ4n) is 1.71. The van der Waals surface area contributed by atoms with Gasteiger partial charge in [-0.25, -0.2) is 9.67 Å². The smallest absolute Gasteiger partial charge is 0.140 e. The lowest BCUT2D eigenvalue weighted by Crippen LogP contribution is -2.17. The summed E-state index contributed by atoms with van der Waals surface area (Å²) in [6, 6.07) is 0. The highest BCUT2D eigenvalue weighted by molar-refractivity contribution is 4.83.